The van der Waals surface area contributed by atoms with E-state index < -0.39 is 0 Å². The predicted octanol–water partition coefficient (Wildman–Crippen LogP) is 4.21. The van der Waals surface area contributed by atoms with Crippen LogP contribution in [-0.4, -0.2) is 61.7 Å². The summed E-state index contributed by atoms with van der Waals surface area (Å²) in [5, 5.41) is 2.08. The standard InChI is InChI=1S/C26H30N2O3/c1-2-31-23-12-10-21(11-13-23)20-28(15-14-27-16-18-30-19-17-27)26(29)25-9-5-7-22-6-3-4-8-24(22)25/h3-13H,2,14-20H2,1H3. The summed E-state index contributed by atoms with van der Waals surface area (Å²) in [6, 6.07) is 22.1. The van der Waals surface area contributed by atoms with Gasteiger partial charge in [-0.25, -0.2) is 0 Å². The lowest BCUT2D eigenvalue weighted by Crippen LogP contribution is -2.43. The van der Waals surface area contributed by atoms with E-state index in [1.807, 2.05) is 66.4 Å². The molecular weight excluding hydrogens is 388 g/mol. The van der Waals surface area contributed by atoms with Crippen molar-refractivity contribution < 1.29 is 14.3 Å². The molecule has 1 aliphatic rings. The number of carbonyl (C=O) groups is 1. The largest absolute Gasteiger partial charge is 0.494 e. The fraction of sp³-hybridized carbons (Fsp3) is 0.346. The van der Waals surface area contributed by atoms with E-state index in [2.05, 4.69) is 17.0 Å². The summed E-state index contributed by atoms with van der Waals surface area (Å²) >= 11 is 0. The number of nitrogens with zero attached hydrogens (tertiary/aromatic N) is 2. The van der Waals surface area contributed by atoms with Crippen LogP contribution in [0.2, 0.25) is 0 Å². The molecule has 1 saturated heterocycles. The number of carbonyl (C=O) groups excluding carboxylic acids is 1. The van der Waals surface area contributed by atoms with E-state index in [9.17, 15) is 4.79 Å². The summed E-state index contributed by atoms with van der Waals surface area (Å²) in [5.41, 5.74) is 1.85. The Morgan fingerprint density at radius 3 is 2.52 bits per heavy atom. The first-order chi connectivity index (χ1) is 15.2. The van der Waals surface area contributed by atoms with Crippen LogP contribution >= 0.6 is 0 Å². The molecule has 5 nitrogen and oxygen atoms in total. The highest BCUT2D eigenvalue weighted by molar-refractivity contribution is 6.07. The first-order valence-corrected chi connectivity index (χ1v) is 11.0. The minimum Gasteiger partial charge on any atom is -0.494 e. The van der Waals surface area contributed by atoms with Crippen molar-refractivity contribution in [3.63, 3.8) is 0 Å². The number of ether oxygens (including phenoxy) is 2. The van der Waals surface area contributed by atoms with E-state index in [0.717, 1.165) is 60.5 Å². The fourth-order valence-corrected chi connectivity index (χ4v) is 4.00. The minimum absolute atomic E-state index is 0.0685. The monoisotopic (exact) mass is 418 g/mol. The van der Waals surface area contributed by atoms with Gasteiger partial charge in [0, 0.05) is 38.3 Å². The third kappa shape index (κ3) is 5.43. The van der Waals surface area contributed by atoms with Crippen molar-refractivity contribution >= 4 is 16.7 Å². The molecule has 0 N–H and O–H groups in total. The number of rotatable bonds is 8. The van der Waals surface area contributed by atoms with Crippen LogP contribution in [0.3, 0.4) is 0 Å². The van der Waals surface area contributed by atoms with E-state index in [0.29, 0.717) is 19.7 Å². The van der Waals surface area contributed by atoms with E-state index in [1.54, 1.807) is 0 Å². The maximum absolute atomic E-state index is 13.7. The number of benzene rings is 3. The molecule has 3 aromatic carbocycles. The quantitative estimate of drug-likeness (QED) is 0.550. The molecular formula is C26H30N2O3. The topological polar surface area (TPSA) is 42.0 Å². The third-order valence-electron chi connectivity index (χ3n) is 5.70. The van der Waals surface area contributed by atoms with Gasteiger partial charge in [0.05, 0.1) is 19.8 Å². The van der Waals surface area contributed by atoms with Crippen LogP contribution in [0, 0.1) is 0 Å². The second-order valence-electron chi connectivity index (χ2n) is 7.78. The van der Waals surface area contributed by atoms with Crippen LogP contribution in [0.4, 0.5) is 0 Å². The molecule has 5 heteroatoms. The molecule has 0 aliphatic carbocycles. The van der Waals surface area contributed by atoms with Crippen molar-refractivity contribution in [2.45, 2.75) is 13.5 Å². The molecule has 3 aromatic rings. The number of hydrogen-bond acceptors (Lipinski definition) is 4. The second kappa shape index (κ2) is 10.4. The summed E-state index contributed by atoms with van der Waals surface area (Å²) in [7, 11) is 0. The smallest absolute Gasteiger partial charge is 0.254 e. The zero-order valence-corrected chi connectivity index (χ0v) is 18.1. The van der Waals surface area contributed by atoms with E-state index in [-0.39, 0.29) is 5.91 Å². The molecule has 4 rings (SSSR count). The molecule has 31 heavy (non-hydrogen) atoms. The van der Waals surface area contributed by atoms with Crippen LogP contribution in [0.5, 0.6) is 5.75 Å². The number of amides is 1. The van der Waals surface area contributed by atoms with Crippen LogP contribution in [0.1, 0.15) is 22.8 Å². The minimum atomic E-state index is 0.0685. The third-order valence-corrected chi connectivity index (χ3v) is 5.70. The maximum Gasteiger partial charge on any atom is 0.254 e. The van der Waals surface area contributed by atoms with Crippen LogP contribution in [-0.2, 0) is 11.3 Å². The highest BCUT2D eigenvalue weighted by atomic mass is 16.5. The fourth-order valence-electron chi connectivity index (χ4n) is 4.00. The van der Waals surface area contributed by atoms with E-state index in [1.165, 1.54) is 0 Å². The molecule has 162 valence electrons. The molecule has 1 aliphatic heterocycles. The van der Waals surface area contributed by atoms with Gasteiger partial charge in [-0.3, -0.25) is 9.69 Å². The van der Waals surface area contributed by atoms with Gasteiger partial charge in [0.15, 0.2) is 0 Å². The molecule has 0 spiro atoms. The number of fused-ring (bicyclic) bond motifs is 1. The van der Waals surface area contributed by atoms with Crippen molar-refractivity contribution in [2.75, 3.05) is 46.0 Å². The molecule has 0 bridgehead atoms. The SMILES string of the molecule is CCOc1ccc(CN(CCN2CCOCC2)C(=O)c2cccc3ccccc23)cc1. The van der Waals surface area contributed by atoms with Crippen LogP contribution in [0.25, 0.3) is 10.8 Å². The Labute approximate surface area is 184 Å². The van der Waals surface area contributed by atoms with Gasteiger partial charge in [0.25, 0.3) is 5.91 Å². The van der Waals surface area contributed by atoms with Gasteiger partial charge in [0.1, 0.15) is 5.75 Å². The maximum atomic E-state index is 13.7. The summed E-state index contributed by atoms with van der Waals surface area (Å²) in [6.07, 6.45) is 0. The summed E-state index contributed by atoms with van der Waals surface area (Å²) in [4.78, 5) is 18.0. The average Bonchev–Trinajstić information content (AvgIpc) is 2.83. The Morgan fingerprint density at radius 1 is 1.00 bits per heavy atom. The Kier molecular flexibility index (Phi) is 7.18. The Balaban J connectivity index is 1.56. The van der Waals surface area contributed by atoms with Crippen molar-refractivity contribution in [3.05, 3.63) is 77.9 Å². The Morgan fingerprint density at radius 2 is 1.74 bits per heavy atom. The van der Waals surface area contributed by atoms with Gasteiger partial charge in [-0.15, -0.1) is 0 Å². The van der Waals surface area contributed by atoms with Gasteiger partial charge in [-0.1, -0.05) is 48.5 Å². The summed E-state index contributed by atoms with van der Waals surface area (Å²) in [6.45, 7) is 8.06. The number of morpholine rings is 1. The first kappa shape index (κ1) is 21.3. The van der Waals surface area contributed by atoms with E-state index in [4.69, 9.17) is 9.47 Å². The molecule has 0 saturated carbocycles. The molecule has 0 aromatic heterocycles. The molecule has 0 radical (unpaired) electrons. The number of hydrogen-bond donors (Lipinski definition) is 0. The van der Waals surface area contributed by atoms with Gasteiger partial charge in [-0.2, -0.15) is 0 Å². The van der Waals surface area contributed by atoms with E-state index >= 15 is 0 Å². The predicted molar refractivity (Wildman–Crippen MR) is 124 cm³/mol. The van der Waals surface area contributed by atoms with Crippen LogP contribution < -0.4 is 4.74 Å². The average molecular weight is 419 g/mol. The van der Waals surface area contributed by atoms with Gasteiger partial charge in [-0.05, 0) is 41.5 Å². The van der Waals surface area contributed by atoms with Crippen molar-refractivity contribution in [1.29, 1.82) is 0 Å². The zero-order valence-electron chi connectivity index (χ0n) is 18.1. The Hall–Kier alpha value is -2.89. The highest BCUT2D eigenvalue weighted by Crippen LogP contribution is 2.22. The summed E-state index contributed by atoms with van der Waals surface area (Å²) in [5.74, 6) is 0.922. The lowest BCUT2D eigenvalue weighted by Gasteiger charge is -2.30. The first-order valence-electron chi connectivity index (χ1n) is 11.0. The zero-order chi connectivity index (χ0) is 21.5. The molecule has 0 atom stereocenters. The normalized spacial score (nSPS) is 14.5. The van der Waals surface area contributed by atoms with Crippen molar-refractivity contribution in [3.8, 4) is 5.75 Å². The van der Waals surface area contributed by atoms with Gasteiger partial charge >= 0.3 is 0 Å². The molecule has 1 fully saturated rings. The highest BCUT2D eigenvalue weighted by Gasteiger charge is 2.20. The van der Waals surface area contributed by atoms with Crippen LogP contribution in [0.15, 0.2) is 66.7 Å². The molecule has 0 unspecified atom stereocenters. The van der Waals surface area contributed by atoms with Gasteiger partial charge in [0.2, 0.25) is 0 Å². The lowest BCUT2D eigenvalue weighted by atomic mass is 10.0. The van der Waals surface area contributed by atoms with Crippen molar-refractivity contribution in [2.24, 2.45) is 0 Å². The second-order valence-corrected chi connectivity index (χ2v) is 7.78. The molecule has 1 heterocycles. The van der Waals surface area contributed by atoms with Gasteiger partial charge < -0.3 is 14.4 Å². The lowest BCUT2D eigenvalue weighted by molar-refractivity contribution is 0.0320. The Bertz CT molecular complexity index is 992. The summed E-state index contributed by atoms with van der Waals surface area (Å²) < 4.78 is 11.0. The molecule has 1 amide bonds. The van der Waals surface area contributed by atoms with Crippen molar-refractivity contribution in [1.82, 2.24) is 9.80 Å².